The summed E-state index contributed by atoms with van der Waals surface area (Å²) in [6.45, 7) is 0.965. The summed E-state index contributed by atoms with van der Waals surface area (Å²) in [5.41, 5.74) is 0. The molecule has 108 valence electrons. The quantitative estimate of drug-likeness (QED) is 0.826. The Morgan fingerprint density at radius 2 is 1.84 bits per heavy atom. The lowest BCUT2D eigenvalue weighted by Gasteiger charge is -2.35. The molecule has 0 radical (unpaired) electrons. The highest BCUT2D eigenvalue weighted by Crippen LogP contribution is 2.25. The van der Waals surface area contributed by atoms with Gasteiger partial charge >= 0.3 is 5.97 Å². The zero-order valence-electron chi connectivity index (χ0n) is 11.3. The Kier molecular flexibility index (Phi) is 5.19. The minimum atomic E-state index is -0.846. The number of nitrogens with zero attached hydrogens (tertiary/aromatic N) is 1. The zero-order valence-corrected chi connectivity index (χ0v) is 11.3. The molecule has 1 aliphatic carbocycles. The van der Waals surface area contributed by atoms with Crippen LogP contribution >= 0.6 is 0 Å². The summed E-state index contributed by atoms with van der Waals surface area (Å²) in [4.78, 5) is 25.0. The van der Waals surface area contributed by atoms with Gasteiger partial charge in [-0.3, -0.25) is 9.59 Å². The summed E-state index contributed by atoms with van der Waals surface area (Å²) in [5.74, 6) is -0.841. The lowest BCUT2D eigenvalue weighted by molar-refractivity contribution is -0.145. The molecule has 0 aromatic rings. The predicted octanol–water partition coefficient (Wildman–Crippen LogP) is 1.80. The number of hydrogen-bond acceptors (Lipinski definition) is 3. The molecular weight excluding hydrogens is 246 g/mol. The van der Waals surface area contributed by atoms with E-state index in [1.807, 2.05) is 0 Å². The molecule has 1 unspecified atom stereocenters. The Bertz CT molecular complexity index is 319. The first kappa shape index (κ1) is 14.3. The second-order valence-corrected chi connectivity index (χ2v) is 5.47. The van der Waals surface area contributed by atoms with Crippen LogP contribution < -0.4 is 0 Å². The normalized spacial score (nSPS) is 24.3. The molecule has 1 heterocycles. The Morgan fingerprint density at radius 3 is 2.42 bits per heavy atom. The van der Waals surface area contributed by atoms with Gasteiger partial charge in [0.25, 0.3) is 5.91 Å². The van der Waals surface area contributed by atoms with Gasteiger partial charge in [0, 0.05) is 19.2 Å². The van der Waals surface area contributed by atoms with E-state index in [0.717, 1.165) is 38.5 Å². The Morgan fingerprint density at radius 1 is 1.11 bits per heavy atom. The van der Waals surface area contributed by atoms with Gasteiger partial charge in [-0.25, -0.2) is 0 Å². The van der Waals surface area contributed by atoms with Gasteiger partial charge in [0.1, 0.15) is 6.10 Å². The van der Waals surface area contributed by atoms with Crippen LogP contribution in [0.4, 0.5) is 0 Å². The van der Waals surface area contributed by atoms with Gasteiger partial charge in [0.15, 0.2) is 0 Å². The van der Waals surface area contributed by atoms with Crippen molar-refractivity contribution in [3.05, 3.63) is 0 Å². The fourth-order valence-corrected chi connectivity index (χ4v) is 3.04. The van der Waals surface area contributed by atoms with E-state index < -0.39 is 5.97 Å². The Labute approximate surface area is 113 Å². The molecule has 1 saturated carbocycles. The van der Waals surface area contributed by atoms with Gasteiger partial charge in [0.05, 0.1) is 6.42 Å². The van der Waals surface area contributed by atoms with Crippen molar-refractivity contribution in [3.8, 4) is 0 Å². The molecule has 0 bridgehead atoms. The van der Waals surface area contributed by atoms with Crippen LogP contribution in [0.1, 0.15) is 51.4 Å². The van der Waals surface area contributed by atoms with Gasteiger partial charge in [-0.2, -0.15) is 0 Å². The van der Waals surface area contributed by atoms with Crippen molar-refractivity contribution in [2.24, 2.45) is 0 Å². The average Bonchev–Trinajstić information content (AvgIpc) is 2.93. The second-order valence-electron chi connectivity index (χ2n) is 5.47. The molecule has 1 aliphatic heterocycles. The number of rotatable bonds is 5. The molecule has 1 amide bonds. The van der Waals surface area contributed by atoms with Gasteiger partial charge in [0.2, 0.25) is 0 Å². The molecule has 0 aromatic heterocycles. The molecule has 2 aliphatic rings. The maximum atomic E-state index is 12.5. The molecule has 2 fully saturated rings. The highest BCUT2D eigenvalue weighted by atomic mass is 16.5. The van der Waals surface area contributed by atoms with Crippen LogP contribution in [0.3, 0.4) is 0 Å². The third kappa shape index (κ3) is 3.93. The van der Waals surface area contributed by atoms with Crippen molar-refractivity contribution < 1.29 is 19.4 Å². The van der Waals surface area contributed by atoms with Crippen molar-refractivity contribution >= 4 is 11.9 Å². The van der Waals surface area contributed by atoms with Crippen LogP contribution in [0.25, 0.3) is 0 Å². The topological polar surface area (TPSA) is 66.8 Å². The third-order valence-corrected chi connectivity index (χ3v) is 4.07. The number of carbonyl (C=O) groups excluding carboxylic acids is 1. The number of carboxylic acids is 1. The van der Waals surface area contributed by atoms with Crippen LogP contribution in [0, 0.1) is 0 Å². The number of carbonyl (C=O) groups is 2. The van der Waals surface area contributed by atoms with Crippen LogP contribution in [-0.2, 0) is 14.3 Å². The summed E-state index contributed by atoms with van der Waals surface area (Å²) >= 11 is 0. The molecule has 2 rings (SSSR count). The van der Waals surface area contributed by atoms with Crippen LogP contribution in [0.5, 0.6) is 0 Å². The minimum Gasteiger partial charge on any atom is -0.481 e. The highest BCUT2D eigenvalue weighted by Gasteiger charge is 2.32. The number of ether oxygens (including phenoxy) is 1. The molecule has 1 saturated heterocycles. The van der Waals surface area contributed by atoms with E-state index >= 15 is 0 Å². The van der Waals surface area contributed by atoms with Crippen molar-refractivity contribution in [1.29, 1.82) is 0 Å². The van der Waals surface area contributed by atoms with E-state index in [0.29, 0.717) is 13.2 Å². The number of amides is 1. The minimum absolute atomic E-state index is 0.00523. The van der Waals surface area contributed by atoms with E-state index in [9.17, 15) is 9.59 Å². The van der Waals surface area contributed by atoms with Crippen molar-refractivity contribution in [1.82, 2.24) is 4.90 Å². The predicted molar refractivity (Wildman–Crippen MR) is 69.8 cm³/mol. The lowest BCUT2D eigenvalue weighted by atomic mass is 9.93. The first-order chi connectivity index (χ1) is 9.18. The van der Waals surface area contributed by atoms with Crippen LogP contribution in [0.2, 0.25) is 0 Å². The molecular formula is C14H23NO4. The second kappa shape index (κ2) is 6.89. The van der Waals surface area contributed by atoms with Gasteiger partial charge in [-0.15, -0.1) is 0 Å². The third-order valence-electron chi connectivity index (χ3n) is 4.07. The van der Waals surface area contributed by atoms with E-state index in [1.165, 1.54) is 6.42 Å². The average molecular weight is 269 g/mol. The van der Waals surface area contributed by atoms with Gasteiger partial charge in [-0.1, -0.05) is 19.3 Å². The number of aliphatic carboxylic acids is 1. The van der Waals surface area contributed by atoms with Crippen molar-refractivity contribution in [3.63, 3.8) is 0 Å². The molecule has 19 heavy (non-hydrogen) atoms. The Hall–Kier alpha value is -1.10. The SMILES string of the molecule is O=C(O)CCN(C(=O)C1CCCO1)C1CCCCC1. The fraction of sp³-hybridized carbons (Fsp3) is 0.857. The van der Waals surface area contributed by atoms with E-state index in [2.05, 4.69) is 0 Å². The maximum absolute atomic E-state index is 12.5. The molecule has 5 nitrogen and oxygen atoms in total. The first-order valence-electron chi connectivity index (χ1n) is 7.32. The lowest BCUT2D eigenvalue weighted by Crippen LogP contribution is -2.47. The highest BCUT2D eigenvalue weighted by molar-refractivity contribution is 5.82. The summed E-state index contributed by atoms with van der Waals surface area (Å²) in [7, 11) is 0. The molecule has 5 heteroatoms. The molecule has 0 aromatic carbocycles. The molecule has 1 atom stereocenters. The summed E-state index contributed by atoms with van der Waals surface area (Å²) in [6.07, 6.45) is 6.86. The fourth-order valence-electron chi connectivity index (χ4n) is 3.04. The summed E-state index contributed by atoms with van der Waals surface area (Å²) in [5, 5.41) is 8.84. The smallest absolute Gasteiger partial charge is 0.305 e. The zero-order chi connectivity index (χ0) is 13.7. The maximum Gasteiger partial charge on any atom is 0.305 e. The van der Waals surface area contributed by atoms with Crippen molar-refractivity contribution in [2.75, 3.05) is 13.2 Å². The molecule has 1 N–H and O–H groups in total. The molecule has 0 spiro atoms. The largest absolute Gasteiger partial charge is 0.481 e. The Balaban J connectivity index is 1.98. The summed E-state index contributed by atoms with van der Waals surface area (Å²) < 4.78 is 5.45. The van der Waals surface area contributed by atoms with Gasteiger partial charge < -0.3 is 14.7 Å². The monoisotopic (exact) mass is 269 g/mol. The van der Waals surface area contributed by atoms with Gasteiger partial charge in [-0.05, 0) is 25.7 Å². The summed E-state index contributed by atoms with van der Waals surface area (Å²) in [6, 6.07) is 0.213. The number of hydrogen-bond donors (Lipinski definition) is 1. The van der Waals surface area contributed by atoms with Crippen LogP contribution in [0.15, 0.2) is 0 Å². The van der Waals surface area contributed by atoms with E-state index in [1.54, 1.807) is 4.90 Å². The van der Waals surface area contributed by atoms with E-state index in [4.69, 9.17) is 9.84 Å². The van der Waals surface area contributed by atoms with E-state index in [-0.39, 0.29) is 24.5 Å². The first-order valence-corrected chi connectivity index (χ1v) is 7.32. The van der Waals surface area contributed by atoms with Crippen molar-refractivity contribution in [2.45, 2.75) is 63.5 Å². The standard InChI is InChI=1S/C14H23NO4/c16-13(17)8-9-15(11-5-2-1-3-6-11)14(18)12-7-4-10-19-12/h11-12H,1-10H2,(H,16,17). The number of carboxylic acid groups (broad SMARTS) is 1. The van der Waals surface area contributed by atoms with Crippen LogP contribution in [-0.4, -0.2) is 47.2 Å².